The van der Waals surface area contributed by atoms with Gasteiger partial charge in [-0.25, -0.2) is 0 Å². The fourth-order valence-corrected chi connectivity index (χ4v) is 4.17. The van der Waals surface area contributed by atoms with Crippen LogP contribution in [0.15, 0.2) is 12.1 Å². The summed E-state index contributed by atoms with van der Waals surface area (Å²) in [5.74, 6) is 0.907. The molecule has 15 heavy (non-hydrogen) atoms. The smallest absolute Gasteiger partial charge is 0.0542 e. The molecule has 1 atom stereocenters. The van der Waals surface area contributed by atoms with Crippen molar-refractivity contribution in [2.24, 2.45) is 11.3 Å². The highest BCUT2D eigenvalue weighted by atomic mass is 79.9. The highest BCUT2D eigenvalue weighted by molar-refractivity contribution is 9.09. The zero-order valence-electron chi connectivity index (χ0n) is 9.72. The van der Waals surface area contributed by atoms with Gasteiger partial charge in [-0.05, 0) is 43.2 Å². The summed E-state index contributed by atoms with van der Waals surface area (Å²) in [4.78, 5) is 3.43. The first-order chi connectivity index (χ1) is 7.01. The van der Waals surface area contributed by atoms with Crippen molar-refractivity contribution in [1.29, 1.82) is 0 Å². The zero-order chi connectivity index (χ0) is 11.1. The average Bonchev–Trinajstić information content (AvgIpc) is 2.46. The van der Waals surface area contributed by atoms with Crippen molar-refractivity contribution >= 4 is 27.3 Å². The monoisotopic (exact) mass is 286 g/mol. The van der Waals surface area contributed by atoms with Crippen LogP contribution in [0.3, 0.4) is 0 Å². The Morgan fingerprint density at radius 2 is 2.07 bits per heavy atom. The van der Waals surface area contributed by atoms with Crippen LogP contribution in [0.2, 0.25) is 0 Å². The van der Waals surface area contributed by atoms with Crippen LogP contribution < -0.4 is 0 Å². The lowest BCUT2D eigenvalue weighted by atomic mass is 9.65. The van der Waals surface area contributed by atoms with E-state index in [1.165, 1.54) is 29.0 Å². The van der Waals surface area contributed by atoms with Gasteiger partial charge in [0.15, 0.2) is 0 Å². The summed E-state index contributed by atoms with van der Waals surface area (Å²) >= 11 is 5.83. The maximum Gasteiger partial charge on any atom is 0.0542 e. The van der Waals surface area contributed by atoms with E-state index in [4.69, 9.17) is 0 Å². The molecule has 0 bridgehead atoms. The lowest BCUT2D eigenvalue weighted by molar-refractivity contribution is 0.120. The van der Waals surface area contributed by atoms with E-state index in [0.717, 1.165) is 5.92 Å². The largest absolute Gasteiger partial charge is 0.145 e. The maximum absolute atomic E-state index is 3.91. The Labute approximate surface area is 105 Å². The van der Waals surface area contributed by atoms with Crippen LogP contribution in [0.5, 0.6) is 0 Å². The number of rotatable bonds is 3. The minimum absolute atomic E-state index is 0.398. The molecule has 2 heteroatoms. The molecule has 1 saturated carbocycles. The van der Waals surface area contributed by atoms with Gasteiger partial charge >= 0.3 is 0 Å². The second kappa shape index (κ2) is 4.21. The van der Waals surface area contributed by atoms with E-state index in [1.807, 2.05) is 11.3 Å². The minimum Gasteiger partial charge on any atom is -0.145 e. The van der Waals surface area contributed by atoms with Crippen LogP contribution in [-0.2, 0) is 0 Å². The Bertz CT molecular complexity index is 336. The zero-order valence-corrected chi connectivity index (χ0v) is 12.1. The third-order valence-corrected chi connectivity index (χ3v) is 6.86. The summed E-state index contributed by atoms with van der Waals surface area (Å²) < 4.78 is 0. The lowest BCUT2D eigenvalue weighted by Gasteiger charge is -2.43. The van der Waals surface area contributed by atoms with E-state index < -0.39 is 0 Å². The quantitative estimate of drug-likeness (QED) is 0.660. The van der Waals surface area contributed by atoms with Crippen LogP contribution in [0, 0.1) is 18.3 Å². The summed E-state index contributed by atoms with van der Waals surface area (Å²) in [5.41, 5.74) is 0.398. The number of alkyl halides is 1. The van der Waals surface area contributed by atoms with Gasteiger partial charge in [0.05, 0.1) is 4.83 Å². The van der Waals surface area contributed by atoms with Crippen molar-refractivity contribution in [3.63, 3.8) is 0 Å². The molecule has 1 aliphatic rings. The van der Waals surface area contributed by atoms with Crippen molar-refractivity contribution in [2.45, 2.75) is 44.9 Å². The van der Waals surface area contributed by atoms with E-state index in [2.05, 4.69) is 48.8 Å². The maximum atomic E-state index is 3.91. The molecular formula is C13H19BrS. The number of halogens is 1. The van der Waals surface area contributed by atoms with Crippen LogP contribution in [0.1, 0.15) is 47.7 Å². The summed E-state index contributed by atoms with van der Waals surface area (Å²) in [6.45, 7) is 7.00. The van der Waals surface area contributed by atoms with Gasteiger partial charge in [0, 0.05) is 9.75 Å². The molecule has 1 aromatic rings. The molecule has 0 aliphatic heterocycles. The number of hydrogen-bond donors (Lipinski definition) is 0. The van der Waals surface area contributed by atoms with Gasteiger partial charge in [0.2, 0.25) is 0 Å². The lowest BCUT2D eigenvalue weighted by Crippen LogP contribution is -2.32. The Morgan fingerprint density at radius 1 is 1.40 bits per heavy atom. The molecule has 1 unspecified atom stereocenters. The Morgan fingerprint density at radius 3 is 2.47 bits per heavy atom. The predicted octanol–water partition coefficient (Wildman–Crippen LogP) is 5.32. The molecule has 1 fully saturated rings. The Balaban J connectivity index is 2.15. The molecule has 0 saturated heterocycles. The third kappa shape index (κ3) is 2.16. The fraction of sp³-hybridized carbons (Fsp3) is 0.692. The molecule has 2 rings (SSSR count). The second-order valence-corrected chi connectivity index (χ2v) is 7.50. The normalized spacial score (nSPS) is 20.0. The minimum atomic E-state index is 0.398. The summed E-state index contributed by atoms with van der Waals surface area (Å²) in [5, 5.41) is 0. The molecule has 0 spiro atoms. The summed E-state index contributed by atoms with van der Waals surface area (Å²) in [7, 11) is 0. The molecular weight excluding hydrogens is 268 g/mol. The van der Waals surface area contributed by atoms with Crippen molar-refractivity contribution in [2.75, 3.05) is 0 Å². The van der Waals surface area contributed by atoms with Crippen LogP contribution in [0.25, 0.3) is 0 Å². The van der Waals surface area contributed by atoms with E-state index in [0.29, 0.717) is 10.2 Å². The molecule has 0 aromatic carbocycles. The summed E-state index contributed by atoms with van der Waals surface area (Å²) in [6, 6.07) is 4.50. The number of aryl methyl sites for hydroxylation is 1. The van der Waals surface area contributed by atoms with Crippen molar-refractivity contribution in [3.8, 4) is 0 Å². The van der Waals surface area contributed by atoms with Crippen LogP contribution in [-0.4, -0.2) is 0 Å². The first-order valence-corrected chi connectivity index (χ1v) is 7.45. The van der Waals surface area contributed by atoms with Crippen molar-refractivity contribution < 1.29 is 0 Å². The average molecular weight is 287 g/mol. The highest BCUT2D eigenvalue weighted by Crippen LogP contribution is 2.53. The van der Waals surface area contributed by atoms with E-state index in [-0.39, 0.29) is 0 Å². The molecule has 0 radical (unpaired) electrons. The first kappa shape index (κ1) is 11.7. The third-order valence-electron chi connectivity index (χ3n) is 3.82. The van der Waals surface area contributed by atoms with Crippen molar-refractivity contribution in [1.82, 2.24) is 0 Å². The molecule has 1 aromatic heterocycles. The van der Waals surface area contributed by atoms with Gasteiger partial charge in [-0.15, -0.1) is 11.3 Å². The SMILES string of the molecule is Cc1ccc(C(Br)C(C)(C)C2CCC2)s1. The Kier molecular flexibility index (Phi) is 3.27. The number of thiophene rings is 1. The van der Waals surface area contributed by atoms with E-state index in [9.17, 15) is 0 Å². The Hall–Kier alpha value is 0.180. The van der Waals surface area contributed by atoms with Gasteiger partial charge in [-0.2, -0.15) is 0 Å². The molecule has 0 nitrogen and oxygen atoms in total. The summed E-state index contributed by atoms with van der Waals surface area (Å²) in [6.07, 6.45) is 4.26. The topological polar surface area (TPSA) is 0 Å². The molecule has 0 amide bonds. The van der Waals surface area contributed by atoms with Gasteiger partial charge in [-0.3, -0.25) is 0 Å². The first-order valence-electron chi connectivity index (χ1n) is 5.72. The molecule has 1 heterocycles. The molecule has 0 N–H and O–H groups in total. The van der Waals surface area contributed by atoms with E-state index >= 15 is 0 Å². The predicted molar refractivity (Wildman–Crippen MR) is 71.8 cm³/mol. The van der Waals surface area contributed by atoms with Gasteiger partial charge in [0.25, 0.3) is 0 Å². The molecule has 84 valence electrons. The van der Waals surface area contributed by atoms with Crippen LogP contribution in [0.4, 0.5) is 0 Å². The fourth-order valence-electron chi connectivity index (χ4n) is 2.32. The van der Waals surface area contributed by atoms with Gasteiger partial charge in [-0.1, -0.05) is 36.2 Å². The van der Waals surface area contributed by atoms with Gasteiger partial charge in [0.1, 0.15) is 0 Å². The van der Waals surface area contributed by atoms with Crippen LogP contribution >= 0.6 is 27.3 Å². The molecule has 1 aliphatic carbocycles. The highest BCUT2D eigenvalue weighted by Gasteiger charge is 2.40. The number of hydrogen-bond acceptors (Lipinski definition) is 1. The van der Waals surface area contributed by atoms with Crippen molar-refractivity contribution in [3.05, 3.63) is 21.9 Å². The standard InChI is InChI=1S/C13H19BrS/c1-9-7-8-11(15-9)12(14)13(2,3)10-5-4-6-10/h7-8,10,12H,4-6H2,1-3H3. The second-order valence-electron chi connectivity index (χ2n) is 5.26. The van der Waals surface area contributed by atoms with Gasteiger partial charge < -0.3 is 0 Å². The van der Waals surface area contributed by atoms with E-state index in [1.54, 1.807) is 0 Å².